The molecule has 8 heteroatoms. The first-order chi connectivity index (χ1) is 8.79. The van der Waals surface area contributed by atoms with Crippen molar-refractivity contribution in [3.05, 3.63) is 38.3 Å². The highest BCUT2D eigenvalue weighted by atomic mass is 127. The van der Waals surface area contributed by atoms with Crippen molar-refractivity contribution in [3.8, 4) is 0 Å². The van der Waals surface area contributed by atoms with Gasteiger partial charge in [0.25, 0.3) is 10.0 Å². The van der Waals surface area contributed by atoms with Gasteiger partial charge in [-0.25, -0.2) is 4.98 Å². The molecule has 0 atom stereocenters. The van der Waals surface area contributed by atoms with Crippen LogP contribution in [0.3, 0.4) is 0 Å². The first kappa shape index (κ1) is 14.8. The number of nitrogens with zero attached hydrogens (tertiary/aromatic N) is 2. The van der Waals surface area contributed by atoms with E-state index in [1.165, 1.54) is 6.20 Å². The third-order valence-corrected chi connectivity index (χ3v) is 6.11. The van der Waals surface area contributed by atoms with Crippen molar-refractivity contribution >= 4 is 54.2 Å². The molecule has 0 radical (unpaired) electrons. The number of hydrogen-bond acceptors (Lipinski definition) is 3. The maximum Gasteiger partial charge on any atom is 0.280 e. The Morgan fingerprint density at radius 3 is 2.63 bits per heavy atom. The highest BCUT2D eigenvalue weighted by Gasteiger charge is 2.18. The molecule has 1 heterocycles. The van der Waals surface area contributed by atoms with Gasteiger partial charge in [0.15, 0.2) is 5.03 Å². The van der Waals surface area contributed by atoms with Crippen LogP contribution in [-0.2, 0) is 17.1 Å². The summed E-state index contributed by atoms with van der Waals surface area (Å²) in [6.07, 6.45) is 1.49. The van der Waals surface area contributed by atoms with Gasteiger partial charge in [-0.1, -0.05) is 0 Å². The molecule has 0 spiro atoms. The van der Waals surface area contributed by atoms with Gasteiger partial charge >= 0.3 is 0 Å². The molecule has 19 heavy (non-hydrogen) atoms. The second-order valence-electron chi connectivity index (χ2n) is 3.97. The van der Waals surface area contributed by atoms with Crippen LogP contribution in [0.4, 0.5) is 5.69 Å². The van der Waals surface area contributed by atoms with Crippen LogP contribution in [0.25, 0.3) is 0 Å². The fourth-order valence-corrected chi connectivity index (χ4v) is 3.28. The number of anilines is 1. The number of imidazole rings is 1. The molecule has 1 N–H and O–H groups in total. The molecule has 2 rings (SSSR count). The van der Waals surface area contributed by atoms with Gasteiger partial charge in [-0.15, -0.1) is 0 Å². The molecule has 0 amide bonds. The standard InChI is InChI=1S/C11H11BrIN3O2S/c1-7-14-11(6-16(7)2)19(17,18)15-8-3-4-9(12)10(13)5-8/h3-6,15H,1-2H3. The summed E-state index contributed by atoms with van der Waals surface area (Å²) in [5, 5.41) is 0.0189. The van der Waals surface area contributed by atoms with Crippen molar-refractivity contribution in [1.82, 2.24) is 9.55 Å². The zero-order chi connectivity index (χ0) is 14.2. The maximum absolute atomic E-state index is 12.2. The fraction of sp³-hybridized carbons (Fsp3) is 0.182. The lowest BCUT2D eigenvalue weighted by molar-refractivity contribution is 0.598. The smallest absolute Gasteiger partial charge is 0.280 e. The van der Waals surface area contributed by atoms with Gasteiger partial charge in [0.2, 0.25) is 0 Å². The summed E-state index contributed by atoms with van der Waals surface area (Å²) >= 11 is 5.49. The van der Waals surface area contributed by atoms with E-state index in [1.54, 1.807) is 36.7 Å². The van der Waals surface area contributed by atoms with Gasteiger partial charge in [-0.2, -0.15) is 8.42 Å². The van der Waals surface area contributed by atoms with Gasteiger partial charge in [0.1, 0.15) is 5.82 Å². The van der Waals surface area contributed by atoms with E-state index in [4.69, 9.17) is 0 Å². The van der Waals surface area contributed by atoms with Gasteiger partial charge in [-0.05, 0) is 63.6 Å². The van der Waals surface area contributed by atoms with Gasteiger partial charge < -0.3 is 4.57 Å². The Hall–Kier alpha value is -0.610. The number of rotatable bonds is 3. The van der Waals surface area contributed by atoms with E-state index in [0.29, 0.717) is 11.5 Å². The first-order valence-corrected chi connectivity index (χ1v) is 8.63. The van der Waals surface area contributed by atoms with E-state index >= 15 is 0 Å². The van der Waals surface area contributed by atoms with E-state index in [9.17, 15) is 8.42 Å². The van der Waals surface area contributed by atoms with Crippen LogP contribution in [0.1, 0.15) is 5.82 Å². The van der Waals surface area contributed by atoms with Crippen molar-refractivity contribution in [2.45, 2.75) is 11.9 Å². The Morgan fingerprint density at radius 2 is 2.11 bits per heavy atom. The van der Waals surface area contributed by atoms with Crippen molar-refractivity contribution < 1.29 is 8.42 Å². The number of aryl methyl sites for hydroxylation is 2. The van der Waals surface area contributed by atoms with E-state index < -0.39 is 10.0 Å². The van der Waals surface area contributed by atoms with Crippen molar-refractivity contribution in [1.29, 1.82) is 0 Å². The summed E-state index contributed by atoms with van der Waals surface area (Å²) in [7, 11) is -1.89. The van der Waals surface area contributed by atoms with Crippen LogP contribution in [-0.4, -0.2) is 18.0 Å². The largest absolute Gasteiger partial charge is 0.337 e. The molecular formula is C11H11BrIN3O2S. The molecule has 1 aromatic heterocycles. The predicted molar refractivity (Wildman–Crippen MR) is 85.6 cm³/mol. The third kappa shape index (κ3) is 3.29. The highest BCUT2D eigenvalue weighted by molar-refractivity contribution is 14.1. The van der Waals surface area contributed by atoms with Crippen LogP contribution < -0.4 is 4.72 Å². The lowest BCUT2D eigenvalue weighted by Crippen LogP contribution is -2.13. The number of halogens is 2. The minimum Gasteiger partial charge on any atom is -0.337 e. The number of sulfonamides is 1. The highest BCUT2D eigenvalue weighted by Crippen LogP contribution is 2.24. The molecule has 0 saturated heterocycles. The lowest BCUT2D eigenvalue weighted by Gasteiger charge is -2.06. The molecule has 0 bridgehead atoms. The molecule has 0 saturated carbocycles. The predicted octanol–water partition coefficient (Wildman–Crippen LogP) is 2.90. The minimum atomic E-state index is -3.65. The minimum absolute atomic E-state index is 0.0189. The number of nitrogens with one attached hydrogen (secondary N) is 1. The molecule has 0 aliphatic carbocycles. The average Bonchev–Trinajstić information content (AvgIpc) is 2.65. The molecule has 0 unspecified atom stereocenters. The Kier molecular flexibility index (Phi) is 4.21. The van der Waals surface area contributed by atoms with Crippen LogP contribution >= 0.6 is 38.5 Å². The summed E-state index contributed by atoms with van der Waals surface area (Å²) in [6.45, 7) is 1.75. The maximum atomic E-state index is 12.2. The fourth-order valence-electron chi connectivity index (χ4n) is 1.42. The Morgan fingerprint density at radius 1 is 1.42 bits per heavy atom. The van der Waals surface area contributed by atoms with E-state index in [0.717, 1.165) is 8.04 Å². The van der Waals surface area contributed by atoms with Crippen molar-refractivity contribution in [2.75, 3.05) is 4.72 Å². The normalized spacial score (nSPS) is 11.6. The molecular weight excluding hydrogens is 445 g/mol. The van der Waals surface area contributed by atoms with Gasteiger partial charge in [0, 0.05) is 27.0 Å². The topological polar surface area (TPSA) is 64.0 Å². The monoisotopic (exact) mass is 455 g/mol. The summed E-state index contributed by atoms with van der Waals surface area (Å²) in [5.74, 6) is 0.644. The molecule has 2 aromatic rings. The average molecular weight is 456 g/mol. The molecule has 0 fully saturated rings. The van der Waals surface area contributed by atoms with Crippen LogP contribution in [0.5, 0.6) is 0 Å². The SMILES string of the molecule is Cc1nc(S(=O)(=O)Nc2ccc(Br)c(I)c2)cn1C. The van der Waals surface area contributed by atoms with Crippen molar-refractivity contribution in [2.24, 2.45) is 7.05 Å². The van der Waals surface area contributed by atoms with Crippen LogP contribution in [0.2, 0.25) is 0 Å². The summed E-state index contributed by atoms with van der Waals surface area (Å²) in [4.78, 5) is 4.02. The summed E-state index contributed by atoms with van der Waals surface area (Å²) in [5.41, 5.74) is 0.510. The number of hydrogen-bond donors (Lipinski definition) is 1. The number of aromatic nitrogens is 2. The quantitative estimate of drug-likeness (QED) is 0.723. The second-order valence-corrected chi connectivity index (χ2v) is 7.62. The third-order valence-electron chi connectivity index (χ3n) is 2.53. The van der Waals surface area contributed by atoms with Gasteiger partial charge in [-0.3, -0.25) is 4.72 Å². The second kappa shape index (κ2) is 5.41. The molecule has 1 aromatic carbocycles. The zero-order valence-electron chi connectivity index (χ0n) is 10.2. The molecule has 0 aliphatic heterocycles. The Balaban J connectivity index is 2.33. The molecule has 5 nitrogen and oxygen atoms in total. The van der Waals surface area contributed by atoms with Crippen LogP contribution in [0.15, 0.2) is 33.9 Å². The van der Waals surface area contributed by atoms with Crippen molar-refractivity contribution in [3.63, 3.8) is 0 Å². The molecule has 102 valence electrons. The first-order valence-electron chi connectivity index (χ1n) is 5.27. The Bertz CT molecular complexity index is 708. The van der Waals surface area contributed by atoms with E-state index in [2.05, 4.69) is 48.2 Å². The van der Waals surface area contributed by atoms with Gasteiger partial charge in [0.05, 0.1) is 0 Å². The van der Waals surface area contributed by atoms with Crippen LogP contribution in [0, 0.1) is 10.5 Å². The zero-order valence-corrected chi connectivity index (χ0v) is 14.7. The van der Waals surface area contributed by atoms with E-state index in [1.807, 2.05) is 0 Å². The van der Waals surface area contributed by atoms with E-state index in [-0.39, 0.29) is 5.03 Å². The summed E-state index contributed by atoms with van der Waals surface area (Å²) in [6, 6.07) is 5.24. The molecule has 0 aliphatic rings. The lowest BCUT2D eigenvalue weighted by atomic mass is 10.3. The Labute approximate surface area is 133 Å². The summed E-state index contributed by atoms with van der Waals surface area (Å²) < 4.78 is 30.4. The number of benzene rings is 1.